The number of benzene rings is 2. The van der Waals surface area contributed by atoms with Crippen molar-refractivity contribution in [3.05, 3.63) is 88.6 Å². The zero-order chi connectivity index (χ0) is 29.7. The van der Waals surface area contributed by atoms with Gasteiger partial charge in [0.05, 0.1) is 41.4 Å². The van der Waals surface area contributed by atoms with Crippen LogP contribution in [0, 0.1) is 6.92 Å². The van der Waals surface area contributed by atoms with Gasteiger partial charge in [0.1, 0.15) is 11.4 Å². The summed E-state index contributed by atoms with van der Waals surface area (Å²) in [7, 11) is 1.54. The molecule has 0 spiro atoms. The lowest BCUT2D eigenvalue weighted by molar-refractivity contribution is -0.137. The van der Waals surface area contributed by atoms with Gasteiger partial charge in [-0.1, -0.05) is 24.6 Å². The molecular formula is C29H25ClF5N5O. The molecule has 3 heterocycles. The average Bonchev–Trinajstić information content (AvgIpc) is 3.53. The van der Waals surface area contributed by atoms with Crippen LogP contribution in [0.25, 0.3) is 28.3 Å². The molecule has 3 aromatic rings. The van der Waals surface area contributed by atoms with E-state index < -0.39 is 29.3 Å². The summed E-state index contributed by atoms with van der Waals surface area (Å²) < 4.78 is 78.6. The number of hydrogen-bond acceptors (Lipinski definition) is 4. The summed E-state index contributed by atoms with van der Waals surface area (Å²) in [4.78, 5) is 4.25. The van der Waals surface area contributed by atoms with E-state index in [1.807, 2.05) is 29.8 Å². The van der Waals surface area contributed by atoms with E-state index in [0.29, 0.717) is 41.4 Å². The predicted molar refractivity (Wildman–Crippen MR) is 145 cm³/mol. The summed E-state index contributed by atoms with van der Waals surface area (Å²) in [6.45, 7) is 4.19. The van der Waals surface area contributed by atoms with Gasteiger partial charge in [0.2, 0.25) is 0 Å². The van der Waals surface area contributed by atoms with E-state index in [1.54, 1.807) is 37.1 Å². The van der Waals surface area contributed by atoms with Gasteiger partial charge in [0, 0.05) is 36.0 Å². The summed E-state index contributed by atoms with van der Waals surface area (Å²) in [6, 6.07) is 8.82. The van der Waals surface area contributed by atoms with Crippen molar-refractivity contribution in [1.29, 1.82) is 0 Å². The fraction of sp³-hybridized carbons (Fsp3) is 0.276. The molecule has 0 amide bonds. The molecule has 0 aliphatic carbocycles. The Morgan fingerprint density at radius 3 is 2.32 bits per heavy atom. The number of pyridine rings is 1. The zero-order valence-corrected chi connectivity index (χ0v) is 23.2. The van der Waals surface area contributed by atoms with Crippen molar-refractivity contribution in [1.82, 2.24) is 24.3 Å². The Morgan fingerprint density at radius 1 is 0.976 bits per heavy atom. The third kappa shape index (κ3) is 5.50. The maximum Gasteiger partial charge on any atom is 0.416 e. The Kier molecular flexibility index (Phi) is 7.27. The highest BCUT2D eigenvalue weighted by Gasteiger charge is 2.36. The topological polar surface area (TPSA) is 57.8 Å². The molecule has 0 saturated heterocycles. The molecule has 0 saturated carbocycles. The normalized spacial score (nSPS) is 13.1. The number of rotatable bonds is 7. The van der Waals surface area contributed by atoms with Gasteiger partial charge in [0.25, 0.3) is 5.92 Å². The number of ether oxygens (including phenoxy) is 1. The number of halogens is 6. The van der Waals surface area contributed by atoms with Gasteiger partial charge in [-0.25, -0.2) is 13.8 Å². The SMILES string of the molecule is CCC(c1cc(C(C)(F)F)cc(C(F)(F)F)c1)n1cc(Cl)cc2c(-c3ccc(-n4cnc(C)c4)c(OC)c3)nnc1-2. The lowest BCUT2D eigenvalue weighted by Gasteiger charge is -2.25. The first-order valence-corrected chi connectivity index (χ1v) is 13.0. The van der Waals surface area contributed by atoms with Crippen LogP contribution in [-0.2, 0) is 12.1 Å². The third-order valence-electron chi connectivity index (χ3n) is 6.87. The van der Waals surface area contributed by atoms with Crippen LogP contribution >= 0.6 is 11.6 Å². The van der Waals surface area contributed by atoms with Gasteiger partial charge < -0.3 is 13.9 Å². The highest BCUT2D eigenvalue weighted by molar-refractivity contribution is 6.30. The van der Waals surface area contributed by atoms with Gasteiger partial charge in [-0.15, -0.1) is 10.2 Å². The highest BCUT2D eigenvalue weighted by atomic mass is 35.5. The fourth-order valence-electron chi connectivity index (χ4n) is 4.90. The number of fused-ring (bicyclic) bond motifs is 1. The molecule has 1 aromatic heterocycles. The standard InChI is InChI=1S/C29H25ClF5N5O/c1-5-23(18-8-19(28(3,31)32)11-20(9-18)29(33,34)35)40-14-21(30)12-22-26(37-38-27(22)40)17-6-7-24(25(10-17)41-4)39-13-16(2)36-15-39/h6-15,23H,5H2,1-4H3. The molecule has 0 N–H and O–H groups in total. The maximum atomic E-state index is 14.2. The molecule has 12 heteroatoms. The van der Waals surface area contributed by atoms with Crippen molar-refractivity contribution in [2.75, 3.05) is 7.11 Å². The second kappa shape index (κ2) is 10.4. The highest BCUT2D eigenvalue weighted by Crippen LogP contribution is 2.41. The molecular weight excluding hydrogens is 565 g/mol. The van der Waals surface area contributed by atoms with Gasteiger partial charge in [0.15, 0.2) is 5.82 Å². The van der Waals surface area contributed by atoms with Crippen LogP contribution < -0.4 is 4.74 Å². The monoisotopic (exact) mass is 589 g/mol. The molecule has 0 bridgehead atoms. The second-order valence-electron chi connectivity index (χ2n) is 9.81. The fourth-order valence-corrected chi connectivity index (χ4v) is 5.11. The molecule has 2 aliphatic rings. The number of aryl methyl sites for hydroxylation is 1. The third-order valence-corrected chi connectivity index (χ3v) is 7.08. The molecule has 2 aromatic carbocycles. The minimum absolute atomic E-state index is 0.0543. The quantitative estimate of drug-likeness (QED) is 0.179. The van der Waals surface area contributed by atoms with Crippen molar-refractivity contribution in [3.8, 4) is 34.1 Å². The summed E-state index contributed by atoms with van der Waals surface area (Å²) in [5.74, 6) is -2.59. The molecule has 1 unspecified atom stereocenters. The zero-order valence-electron chi connectivity index (χ0n) is 22.5. The smallest absolute Gasteiger partial charge is 0.416 e. The Bertz CT molecular complexity index is 1660. The van der Waals surface area contributed by atoms with E-state index in [2.05, 4.69) is 15.2 Å². The molecule has 5 rings (SSSR count). The van der Waals surface area contributed by atoms with Crippen molar-refractivity contribution >= 4 is 11.6 Å². The summed E-state index contributed by atoms with van der Waals surface area (Å²) in [5, 5.41) is 8.98. The van der Waals surface area contributed by atoms with Gasteiger partial charge in [-0.3, -0.25) is 0 Å². The molecule has 1 atom stereocenters. The predicted octanol–water partition coefficient (Wildman–Crippen LogP) is 8.34. The number of imidazole rings is 1. The Labute approximate surface area is 237 Å². The molecule has 214 valence electrons. The van der Waals surface area contributed by atoms with Crippen LogP contribution in [-0.4, -0.2) is 31.4 Å². The Hall–Kier alpha value is -3.99. The average molecular weight is 590 g/mol. The number of hydrogen-bond donors (Lipinski definition) is 0. The maximum absolute atomic E-state index is 14.2. The first-order valence-electron chi connectivity index (χ1n) is 12.6. The van der Waals surface area contributed by atoms with Gasteiger partial charge in [-0.2, -0.15) is 13.2 Å². The summed E-state index contributed by atoms with van der Waals surface area (Å²) in [5.41, 5.74) is 1.45. The minimum Gasteiger partial charge on any atom is -0.495 e. The number of aromatic nitrogens is 5. The van der Waals surface area contributed by atoms with Crippen molar-refractivity contribution < 1.29 is 26.7 Å². The van der Waals surface area contributed by atoms with Gasteiger partial charge >= 0.3 is 6.18 Å². The van der Waals surface area contributed by atoms with Crippen LogP contribution in [0.2, 0.25) is 5.02 Å². The van der Waals surface area contributed by atoms with Crippen molar-refractivity contribution in [2.45, 2.75) is 45.3 Å². The summed E-state index contributed by atoms with van der Waals surface area (Å²) >= 11 is 6.49. The van der Waals surface area contributed by atoms with Crippen LogP contribution in [0.4, 0.5) is 22.0 Å². The lowest BCUT2D eigenvalue weighted by atomic mass is 9.95. The second-order valence-corrected chi connectivity index (χ2v) is 10.3. The van der Waals surface area contributed by atoms with E-state index in [4.69, 9.17) is 16.3 Å². The lowest BCUT2D eigenvalue weighted by Crippen LogP contribution is -2.17. The van der Waals surface area contributed by atoms with Gasteiger partial charge in [-0.05, 0) is 55.3 Å². The van der Waals surface area contributed by atoms with E-state index in [9.17, 15) is 22.0 Å². The summed E-state index contributed by atoms with van der Waals surface area (Å²) in [6.07, 6.45) is 0.509. The van der Waals surface area contributed by atoms with Crippen LogP contribution in [0.5, 0.6) is 5.75 Å². The Balaban J connectivity index is 1.61. The van der Waals surface area contributed by atoms with Crippen molar-refractivity contribution in [3.63, 3.8) is 0 Å². The van der Waals surface area contributed by atoms with E-state index in [0.717, 1.165) is 23.5 Å². The molecule has 0 radical (unpaired) electrons. The minimum atomic E-state index is -4.81. The number of methoxy groups -OCH3 is 1. The molecule has 41 heavy (non-hydrogen) atoms. The van der Waals surface area contributed by atoms with Crippen LogP contribution in [0.3, 0.4) is 0 Å². The first kappa shape index (κ1) is 28.5. The molecule has 0 fully saturated rings. The first-order chi connectivity index (χ1) is 19.3. The Morgan fingerprint density at radius 2 is 1.71 bits per heavy atom. The largest absolute Gasteiger partial charge is 0.495 e. The van der Waals surface area contributed by atoms with E-state index >= 15 is 0 Å². The van der Waals surface area contributed by atoms with Crippen LogP contribution in [0.1, 0.15) is 48.7 Å². The molecule has 2 aliphatic heterocycles. The van der Waals surface area contributed by atoms with Crippen LogP contribution in [0.15, 0.2) is 61.2 Å². The number of alkyl halides is 5. The van der Waals surface area contributed by atoms with Crippen molar-refractivity contribution in [2.24, 2.45) is 0 Å². The van der Waals surface area contributed by atoms with E-state index in [-0.39, 0.29) is 17.0 Å². The number of nitrogens with zero attached hydrogens (tertiary/aromatic N) is 5. The van der Waals surface area contributed by atoms with E-state index in [1.165, 1.54) is 6.20 Å². The molecule has 6 nitrogen and oxygen atoms in total.